The van der Waals surface area contributed by atoms with Crippen LogP contribution < -0.4 is 5.32 Å². The highest BCUT2D eigenvalue weighted by molar-refractivity contribution is 5.93. The van der Waals surface area contributed by atoms with Gasteiger partial charge in [-0.3, -0.25) is 9.59 Å². The molecule has 116 valence electrons. The van der Waals surface area contributed by atoms with Crippen molar-refractivity contribution in [1.82, 2.24) is 10.2 Å². The maximum atomic E-state index is 12.7. The molecule has 0 spiro atoms. The average molecular weight is 284 g/mol. The maximum Gasteiger partial charge on any atom is 0.248 e. The number of carbonyl (C=O) groups is 2. The fraction of sp³-hybridized carbons (Fsp3) is 0.867. The minimum absolute atomic E-state index is 0.0193. The van der Waals surface area contributed by atoms with Crippen LogP contribution >= 0.6 is 0 Å². The Kier molecular flexibility index (Phi) is 5.57. The molecule has 0 unspecified atom stereocenters. The molecule has 5 nitrogen and oxygen atoms in total. The van der Waals surface area contributed by atoms with Gasteiger partial charge in [0.05, 0.1) is 12.2 Å². The predicted molar refractivity (Wildman–Crippen MR) is 78.4 cm³/mol. The lowest BCUT2D eigenvalue weighted by molar-refractivity contribution is -0.140. The van der Waals surface area contributed by atoms with E-state index in [2.05, 4.69) is 5.32 Å². The van der Waals surface area contributed by atoms with Crippen molar-refractivity contribution in [3.05, 3.63) is 0 Å². The smallest absolute Gasteiger partial charge is 0.248 e. The Balaban J connectivity index is 2.75. The van der Waals surface area contributed by atoms with Crippen LogP contribution in [-0.4, -0.2) is 47.6 Å². The summed E-state index contributed by atoms with van der Waals surface area (Å²) in [6.45, 7) is 11.4. The summed E-state index contributed by atoms with van der Waals surface area (Å²) in [4.78, 5) is 26.3. The van der Waals surface area contributed by atoms with E-state index in [1.54, 1.807) is 4.90 Å². The van der Waals surface area contributed by atoms with E-state index in [0.29, 0.717) is 39.0 Å². The summed E-state index contributed by atoms with van der Waals surface area (Å²) in [6.07, 6.45) is 1.60. The van der Waals surface area contributed by atoms with Crippen molar-refractivity contribution >= 4 is 11.8 Å². The van der Waals surface area contributed by atoms with Gasteiger partial charge < -0.3 is 15.0 Å². The Labute approximate surface area is 122 Å². The van der Waals surface area contributed by atoms with Crippen LogP contribution in [0.3, 0.4) is 0 Å². The number of hydrogen-bond donors (Lipinski definition) is 1. The second-order valence-corrected chi connectivity index (χ2v) is 6.34. The van der Waals surface area contributed by atoms with Crippen LogP contribution in [0.4, 0.5) is 0 Å². The first-order valence-corrected chi connectivity index (χ1v) is 7.48. The van der Waals surface area contributed by atoms with Gasteiger partial charge in [0.2, 0.25) is 11.8 Å². The van der Waals surface area contributed by atoms with E-state index >= 15 is 0 Å². The standard InChI is InChI=1S/C15H28N2O3/c1-6-15(7-2)13(19)17(9-8-12(18)16-15)10-11-20-14(3,4)5/h6-11H2,1-5H3,(H,16,18). The van der Waals surface area contributed by atoms with Crippen molar-refractivity contribution in [1.29, 1.82) is 0 Å². The summed E-state index contributed by atoms with van der Waals surface area (Å²) in [7, 11) is 0. The summed E-state index contributed by atoms with van der Waals surface area (Å²) >= 11 is 0. The zero-order valence-electron chi connectivity index (χ0n) is 13.4. The van der Waals surface area contributed by atoms with E-state index in [-0.39, 0.29) is 17.4 Å². The van der Waals surface area contributed by atoms with E-state index in [9.17, 15) is 9.59 Å². The van der Waals surface area contributed by atoms with Gasteiger partial charge in [-0.1, -0.05) is 13.8 Å². The summed E-state index contributed by atoms with van der Waals surface area (Å²) in [5.74, 6) is -0.0212. The van der Waals surface area contributed by atoms with Crippen molar-refractivity contribution < 1.29 is 14.3 Å². The Hall–Kier alpha value is -1.10. The van der Waals surface area contributed by atoms with Crippen LogP contribution in [0.1, 0.15) is 53.9 Å². The largest absolute Gasteiger partial charge is 0.374 e. The van der Waals surface area contributed by atoms with Crippen LogP contribution in [0.5, 0.6) is 0 Å². The number of hydrogen-bond acceptors (Lipinski definition) is 3. The molecule has 0 aliphatic carbocycles. The molecule has 1 N–H and O–H groups in total. The minimum Gasteiger partial charge on any atom is -0.374 e. The molecule has 0 radical (unpaired) electrons. The van der Waals surface area contributed by atoms with Crippen molar-refractivity contribution in [3.8, 4) is 0 Å². The van der Waals surface area contributed by atoms with Gasteiger partial charge in [0, 0.05) is 19.5 Å². The molecule has 0 saturated carbocycles. The number of nitrogens with one attached hydrogen (secondary N) is 1. The van der Waals surface area contributed by atoms with Gasteiger partial charge in [-0.2, -0.15) is 0 Å². The molecule has 0 aromatic carbocycles. The van der Waals surface area contributed by atoms with Crippen LogP contribution in [0.25, 0.3) is 0 Å². The minimum atomic E-state index is -0.741. The van der Waals surface area contributed by atoms with E-state index < -0.39 is 5.54 Å². The van der Waals surface area contributed by atoms with Crippen LogP contribution in [0.15, 0.2) is 0 Å². The van der Waals surface area contributed by atoms with E-state index in [0.717, 1.165) is 0 Å². The highest BCUT2D eigenvalue weighted by Gasteiger charge is 2.41. The van der Waals surface area contributed by atoms with E-state index in [4.69, 9.17) is 4.74 Å². The van der Waals surface area contributed by atoms with Crippen molar-refractivity contribution in [3.63, 3.8) is 0 Å². The Morgan fingerprint density at radius 3 is 2.35 bits per heavy atom. The maximum absolute atomic E-state index is 12.7. The van der Waals surface area contributed by atoms with Crippen molar-refractivity contribution in [2.45, 2.75) is 65.0 Å². The first-order chi connectivity index (χ1) is 9.24. The highest BCUT2D eigenvalue weighted by Crippen LogP contribution is 2.22. The zero-order chi connectivity index (χ0) is 15.4. The molecule has 1 aliphatic rings. The number of nitrogens with zero attached hydrogens (tertiary/aromatic N) is 1. The summed E-state index contributed by atoms with van der Waals surface area (Å²) in [5, 5.41) is 2.91. The fourth-order valence-corrected chi connectivity index (χ4v) is 2.43. The third kappa shape index (κ3) is 4.20. The second-order valence-electron chi connectivity index (χ2n) is 6.34. The molecule has 0 atom stereocenters. The van der Waals surface area contributed by atoms with Gasteiger partial charge in [0.1, 0.15) is 5.54 Å². The molecule has 1 fully saturated rings. The molecule has 0 aromatic heterocycles. The molecular formula is C15H28N2O3. The van der Waals surface area contributed by atoms with E-state index in [1.165, 1.54) is 0 Å². The lowest BCUT2D eigenvalue weighted by Crippen LogP contribution is -2.56. The first-order valence-electron chi connectivity index (χ1n) is 7.48. The second kappa shape index (κ2) is 6.57. The molecule has 1 rings (SSSR count). The normalized spacial score (nSPS) is 19.8. The molecule has 1 heterocycles. The monoisotopic (exact) mass is 284 g/mol. The van der Waals surface area contributed by atoms with Crippen molar-refractivity contribution in [2.24, 2.45) is 0 Å². The first kappa shape index (κ1) is 17.0. The summed E-state index contributed by atoms with van der Waals surface area (Å²) < 4.78 is 5.68. The Bertz CT molecular complexity index is 357. The van der Waals surface area contributed by atoms with Gasteiger partial charge in [-0.15, -0.1) is 0 Å². The summed E-state index contributed by atoms with van der Waals surface area (Å²) in [6, 6.07) is 0. The summed E-state index contributed by atoms with van der Waals surface area (Å²) in [5.41, 5.74) is -0.953. The number of carbonyl (C=O) groups excluding carboxylic acids is 2. The van der Waals surface area contributed by atoms with Crippen LogP contribution in [0, 0.1) is 0 Å². The van der Waals surface area contributed by atoms with E-state index in [1.807, 2.05) is 34.6 Å². The highest BCUT2D eigenvalue weighted by atomic mass is 16.5. The Morgan fingerprint density at radius 2 is 1.85 bits per heavy atom. The van der Waals surface area contributed by atoms with Gasteiger partial charge in [0.25, 0.3) is 0 Å². The van der Waals surface area contributed by atoms with Gasteiger partial charge in [0.15, 0.2) is 0 Å². The molecule has 20 heavy (non-hydrogen) atoms. The molecule has 1 saturated heterocycles. The predicted octanol–water partition coefficient (Wildman–Crippen LogP) is 1.71. The van der Waals surface area contributed by atoms with Gasteiger partial charge in [-0.05, 0) is 33.6 Å². The van der Waals surface area contributed by atoms with Gasteiger partial charge in [-0.25, -0.2) is 0 Å². The molecular weight excluding hydrogens is 256 g/mol. The average Bonchev–Trinajstić information content (AvgIpc) is 2.48. The third-order valence-corrected chi connectivity index (χ3v) is 3.79. The number of ether oxygens (including phenoxy) is 1. The SMILES string of the molecule is CCC1(CC)NC(=O)CCN(CCOC(C)(C)C)C1=O. The molecule has 2 amide bonds. The Morgan fingerprint density at radius 1 is 1.25 bits per heavy atom. The van der Waals surface area contributed by atoms with Crippen LogP contribution in [-0.2, 0) is 14.3 Å². The van der Waals surface area contributed by atoms with Gasteiger partial charge >= 0.3 is 0 Å². The number of amides is 2. The fourth-order valence-electron chi connectivity index (χ4n) is 2.43. The lowest BCUT2D eigenvalue weighted by atomic mass is 9.91. The third-order valence-electron chi connectivity index (χ3n) is 3.79. The molecule has 0 aromatic rings. The van der Waals surface area contributed by atoms with Crippen molar-refractivity contribution in [2.75, 3.05) is 19.7 Å². The topological polar surface area (TPSA) is 58.6 Å². The molecule has 5 heteroatoms. The number of rotatable bonds is 5. The molecule has 0 bridgehead atoms. The lowest BCUT2D eigenvalue weighted by Gasteiger charge is -2.34. The quantitative estimate of drug-likeness (QED) is 0.836. The molecule has 1 aliphatic heterocycles. The zero-order valence-corrected chi connectivity index (χ0v) is 13.4. The van der Waals surface area contributed by atoms with Crippen LogP contribution in [0.2, 0.25) is 0 Å².